The topological polar surface area (TPSA) is 52.3 Å². The van der Waals surface area contributed by atoms with Gasteiger partial charge < -0.3 is 10.5 Å². The van der Waals surface area contributed by atoms with Crippen LogP contribution >= 0.6 is 0 Å². The van der Waals surface area contributed by atoms with Crippen molar-refractivity contribution in [3.63, 3.8) is 0 Å². The van der Waals surface area contributed by atoms with E-state index in [1.165, 1.54) is 0 Å². The Hall–Kier alpha value is -1.51. The van der Waals surface area contributed by atoms with Gasteiger partial charge in [-0.3, -0.25) is 4.79 Å². The fourth-order valence-electron chi connectivity index (χ4n) is 2.24. The molecule has 1 aliphatic heterocycles. The summed E-state index contributed by atoms with van der Waals surface area (Å²) < 4.78 is 6.07. The highest BCUT2D eigenvalue weighted by atomic mass is 16.5. The molecule has 0 aromatic heterocycles. The molecular formula is C15H21NO2. The number of carbonyl (C=O) groups excluding carboxylic acids is 1. The second-order valence-electron chi connectivity index (χ2n) is 5.78. The van der Waals surface area contributed by atoms with E-state index in [2.05, 4.69) is 13.8 Å². The molecule has 2 N–H and O–H groups in total. The number of carbonyl (C=O) groups is 1. The summed E-state index contributed by atoms with van der Waals surface area (Å²) in [6.07, 6.45) is 0.416. The summed E-state index contributed by atoms with van der Waals surface area (Å²) in [5.41, 5.74) is 8.92. The molecule has 1 aromatic carbocycles. The van der Waals surface area contributed by atoms with Crippen LogP contribution in [0.3, 0.4) is 0 Å². The monoisotopic (exact) mass is 247 g/mol. The molecule has 0 aliphatic carbocycles. The largest absolute Gasteiger partial charge is 0.484 e. The number of nitrogens with two attached hydrogens (primary N) is 1. The molecule has 0 spiro atoms. The van der Waals surface area contributed by atoms with Crippen LogP contribution in [-0.4, -0.2) is 11.4 Å². The van der Waals surface area contributed by atoms with Gasteiger partial charge in [0.05, 0.1) is 17.7 Å². The quantitative estimate of drug-likeness (QED) is 0.775. The Morgan fingerprint density at radius 1 is 1.39 bits per heavy atom. The minimum absolute atomic E-state index is 0.127. The Kier molecular flexibility index (Phi) is 2.88. The first-order chi connectivity index (χ1) is 8.26. The molecule has 0 saturated carbocycles. The summed E-state index contributed by atoms with van der Waals surface area (Å²) in [5, 5.41) is 0. The summed E-state index contributed by atoms with van der Waals surface area (Å²) in [5.74, 6) is 0.961. The zero-order chi connectivity index (χ0) is 13.7. The van der Waals surface area contributed by atoms with Gasteiger partial charge in [0.1, 0.15) is 5.60 Å². The van der Waals surface area contributed by atoms with Crippen LogP contribution in [0.5, 0.6) is 5.75 Å². The zero-order valence-corrected chi connectivity index (χ0v) is 11.8. The van der Waals surface area contributed by atoms with Crippen LogP contribution in [0.25, 0.3) is 0 Å². The van der Waals surface area contributed by atoms with Crippen LogP contribution in [0.2, 0.25) is 0 Å². The first-order valence-corrected chi connectivity index (χ1v) is 6.38. The van der Waals surface area contributed by atoms with Gasteiger partial charge in [0, 0.05) is 0 Å². The molecule has 98 valence electrons. The third-order valence-corrected chi connectivity index (χ3v) is 4.21. The smallest absolute Gasteiger partial charge is 0.170 e. The molecule has 1 atom stereocenters. The lowest BCUT2D eigenvalue weighted by Crippen LogP contribution is -2.44. The van der Waals surface area contributed by atoms with E-state index in [4.69, 9.17) is 10.5 Å². The number of hydrogen-bond acceptors (Lipinski definition) is 3. The van der Waals surface area contributed by atoms with Crippen LogP contribution in [0.4, 0.5) is 5.69 Å². The first kappa shape index (κ1) is 12.9. The number of Topliss-reactive ketones (excluding diaryl/α,β-unsaturated/α-hetero) is 1. The van der Waals surface area contributed by atoms with E-state index in [1.54, 1.807) is 0 Å². The third kappa shape index (κ3) is 1.78. The summed E-state index contributed by atoms with van der Waals surface area (Å²) in [6, 6.07) is 1.89. The number of fused-ring (bicyclic) bond motifs is 1. The molecule has 0 amide bonds. The lowest BCUT2D eigenvalue weighted by molar-refractivity contribution is 0.0218. The minimum Gasteiger partial charge on any atom is -0.484 e. The van der Waals surface area contributed by atoms with Gasteiger partial charge in [-0.25, -0.2) is 0 Å². The molecule has 1 aromatic rings. The highest BCUT2D eigenvalue weighted by Gasteiger charge is 2.40. The van der Waals surface area contributed by atoms with Crippen molar-refractivity contribution in [3.8, 4) is 5.75 Å². The Morgan fingerprint density at radius 3 is 2.56 bits per heavy atom. The van der Waals surface area contributed by atoms with Gasteiger partial charge in [-0.15, -0.1) is 0 Å². The molecular weight excluding hydrogens is 226 g/mol. The molecule has 0 saturated heterocycles. The van der Waals surface area contributed by atoms with Crippen LogP contribution < -0.4 is 10.5 Å². The number of hydrogen-bond donors (Lipinski definition) is 1. The first-order valence-electron chi connectivity index (χ1n) is 6.38. The zero-order valence-electron chi connectivity index (χ0n) is 11.8. The molecule has 0 fully saturated rings. The number of ketones is 1. The second-order valence-corrected chi connectivity index (χ2v) is 5.78. The average Bonchev–Trinajstić information content (AvgIpc) is 2.28. The predicted octanol–water partition coefficient (Wildman–Crippen LogP) is 3.27. The highest BCUT2D eigenvalue weighted by Crippen LogP contribution is 2.42. The molecule has 1 heterocycles. The van der Waals surface area contributed by atoms with Crippen LogP contribution in [0.15, 0.2) is 6.07 Å². The maximum absolute atomic E-state index is 12.3. The van der Waals surface area contributed by atoms with Crippen LogP contribution in [0.1, 0.15) is 48.7 Å². The number of ether oxygens (including phenoxy) is 1. The van der Waals surface area contributed by atoms with Crippen molar-refractivity contribution in [2.45, 2.75) is 46.6 Å². The SMILES string of the molecule is Cc1cc2c(c(N)c1C)OC(C)(C(C)C)CC2=O. The summed E-state index contributed by atoms with van der Waals surface area (Å²) in [6.45, 7) is 10.0. The maximum atomic E-state index is 12.3. The maximum Gasteiger partial charge on any atom is 0.170 e. The lowest BCUT2D eigenvalue weighted by atomic mass is 9.82. The second kappa shape index (κ2) is 4.01. The Balaban J connectivity index is 2.61. The van der Waals surface area contributed by atoms with Crippen LogP contribution in [-0.2, 0) is 0 Å². The average molecular weight is 247 g/mol. The van der Waals surface area contributed by atoms with Crippen molar-refractivity contribution in [3.05, 3.63) is 22.8 Å². The van der Waals surface area contributed by atoms with Gasteiger partial charge in [0.2, 0.25) is 0 Å². The molecule has 0 bridgehead atoms. The van der Waals surface area contributed by atoms with E-state index >= 15 is 0 Å². The summed E-state index contributed by atoms with van der Waals surface area (Å²) in [7, 11) is 0. The third-order valence-electron chi connectivity index (χ3n) is 4.21. The van der Waals surface area contributed by atoms with Gasteiger partial charge in [-0.2, -0.15) is 0 Å². The van der Waals surface area contributed by atoms with Gasteiger partial charge >= 0.3 is 0 Å². The minimum atomic E-state index is -0.458. The summed E-state index contributed by atoms with van der Waals surface area (Å²) >= 11 is 0. The van der Waals surface area contributed by atoms with E-state index in [1.807, 2.05) is 26.8 Å². The van der Waals surface area contributed by atoms with Gasteiger partial charge in [-0.05, 0) is 43.9 Å². The van der Waals surface area contributed by atoms with Gasteiger partial charge in [-0.1, -0.05) is 13.8 Å². The fraction of sp³-hybridized carbons (Fsp3) is 0.533. The van der Waals surface area contributed by atoms with Crippen molar-refractivity contribution in [1.82, 2.24) is 0 Å². The standard InChI is InChI=1S/C15H21NO2/c1-8(2)15(5)7-12(17)11-6-9(3)10(4)13(16)14(11)18-15/h6,8H,7,16H2,1-5H3. The van der Waals surface area contributed by atoms with Crippen LogP contribution in [0, 0.1) is 19.8 Å². The normalized spacial score (nSPS) is 22.9. The summed E-state index contributed by atoms with van der Waals surface area (Å²) in [4.78, 5) is 12.3. The van der Waals surface area contributed by atoms with E-state index < -0.39 is 5.60 Å². The van der Waals surface area contributed by atoms with Crippen molar-refractivity contribution in [2.75, 3.05) is 5.73 Å². The number of aryl methyl sites for hydroxylation is 1. The number of nitrogen functional groups attached to an aromatic ring is 1. The van der Waals surface area contributed by atoms with Crippen molar-refractivity contribution in [2.24, 2.45) is 5.92 Å². The highest BCUT2D eigenvalue weighted by molar-refractivity contribution is 6.02. The number of anilines is 1. The Bertz CT molecular complexity index is 520. The molecule has 3 heteroatoms. The molecule has 0 radical (unpaired) electrons. The Morgan fingerprint density at radius 2 is 2.00 bits per heavy atom. The van der Waals surface area contributed by atoms with Gasteiger partial charge in [0.15, 0.2) is 11.5 Å². The lowest BCUT2D eigenvalue weighted by Gasteiger charge is -2.39. The molecule has 3 nitrogen and oxygen atoms in total. The molecule has 2 rings (SSSR count). The Labute approximate surface area is 108 Å². The van der Waals surface area contributed by atoms with E-state index in [0.717, 1.165) is 11.1 Å². The number of rotatable bonds is 1. The van der Waals surface area contributed by atoms with Crippen molar-refractivity contribution < 1.29 is 9.53 Å². The van der Waals surface area contributed by atoms with E-state index in [9.17, 15) is 4.79 Å². The molecule has 1 unspecified atom stereocenters. The number of benzene rings is 1. The fourth-order valence-corrected chi connectivity index (χ4v) is 2.24. The van der Waals surface area contributed by atoms with Crippen molar-refractivity contribution >= 4 is 11.5 Å². The molecule has 1 aliphatic rings. The van der Waals surface area contributed by atoms with E-state index in [-0.39, 0.29) is 11.7 Å². The van der Waals surface area contributed by atoms with E-state index in [0.29, 0.717) is 23.4 Å². The van der Waals surface area contributed by atoms with Gasteiger partial charge in [0.25, 0.3) is 0 Å². The molecule has 18 heavy (non-hydrogen) atoms. The van der Waals surface area contributed by atoms with Crippen molar-refractivity contribution in [1.29, 1.82) is 0 Å². The predicted molar refractivity (Wildman–Crippen MR) is 73.1 cm³/mol.